The van der Waals surface area contributed by atoms with Crippen LogP contribution in [0.1, 0.15) is 161 Å². The molecule has 0 spiro atoms. The van der Waals surface area contributed by atoms with Crippen LogP contribution in [0.4, 0.5) is 0 Å². The summed E-state index contributed by atoms with van der Waals surface area (Å²) in [6, 6.07) is 2.78. The zero-order valence-electron chi connectivity index (χ0n) is 21.9. The van der Waals surface area contributed by atoms with Crippen LogP contribution in [0.15, 0.2) is 12.1 Å². The van der Waals surface area contributed by atoms with Gasteiger partial charge in [-0.25, -0.2) is 0 Å². The van der Waals surface area contributed by atoms with Gasteiger partial charge in [0.15, 0.2) is 0 Å². The summed E-state index contributed by atoms with van der Waals surface area (Å²) in [4.78, 5) is 23.5. The number of carbonyl (C=O) groups excluding carboxylic acids is 2. The van der Waals surface area contributed by atoms with E-state index in [-0.39, 0.29) is 11.1 Å². The van der Waals surface area contributed by atoms with E-state index < -0.39 is 11.9 Å². The molecule has 4 nitrogen and oxygen atoms in total. The molecule has 1 aromatic rings. The Bertz CT molecular complexity index is 636. The van der Waals surface area contributed by atoms with Crippen LogP contribution >= 0.6 is 0 Å². The number of aromatic carboxylic acids is 2. The van der Waals surface area contributed by atoms with Gasteiger partial charge in [-0.2, -0.15) is 0 Å². The Morgan fingerprint density at radius 1 is 0.500 bits per heavy atom. The molecule has 0 amide bonds. The van der Waals surface area contributed by atoms with Crippen LogP contribution in [0.25, 0.3) is 0 Å². The molecule has 0 radical (unpaired) electrons. The molecule has 0 saturated carbocycles. The highest BCUT2D eigenvalue weighted by Gasteiger charge is 2.15. The van der Waals surface area contributed by atoms with E-state index in [1.54, 1.807) is 0 Å². The third-order valence-corrected chi connectivity index (χ3v) is 6.93. The predicted molar refractivity (Wildman–Crippen MR) is 137 cm³/mol. The lowest BCUT2D eigenvalue weighted by atomic mass is 9.88. The Balaban J connectivity index is 2.62. The average Bonchev–Trinajstić information content (AvgIpc) is 2.81. The summed E-state index contributed by atoms with van der Waals surface area (Å²) >= 11 is 0. The molecule has 0 heterocycles. The molecule has 1 rings (SSSR count). The van der Waals surface area contributed by atoms with Crippen molar-refractivity contribution in [1.29, 1.82) is 0 Å². The topological polar surface area (TPSA) is 80.3 Å². The van der Waals surface area contributed by atoms with Gasteiger partial charge in [0, 0.05) is 11.1 Å². The lowest BCUT2D eigenvalue weighted by Crippen LogP contribution is -2.28. The van der Waals surface area contributed by atoms with E-state index in [1.807, 2.05) is 0 Å². The number of carbonyl (C=O) groups is 2. The molecule has 0 bridgehead atoms. The minimum absolute atomic E-state index is 0.149. The maximum atomic E-state index is 11.8. The first-order chi connectivity index (χ1) is 16.5. The number of hydrogen-bond acceptors (Lipinski definition) is 4. The molecular weight excluding hydrogens is 424 g/mol. The summed E-state index contributed by atoms with van der Waals surface area (Å²) in [5.41, 5.74) is 1.61. The standard InChI is InChI=1S/C30H50O4/c1-3-5-7-9-11-13-15-17-19-21-25-26(22-20-18-16-14-12-10-8-6-4-2)28(30(33)34)24-23-27(25)29(31)32/h23-24H,3-22H2,1-2H3,(H,31,32)(H,33,34)/p-2. The lowest BCUT2D eigenvalue weighted by Gasteiger charge is -2.20. The Morgan fingerprint density at radius 2 is 0.765 bits per heavy atom. The second-order valence-electron chi connectivity index (χ2n) is 9.85. The number of hydrogen-bond donors (Lipinski definition) is 0. The number of benzene rings is 1. The molecule has 0 N–H and O–H groups in total. The third kappa shape index (κ3) is 12.6. The summed E-state index contributed by atoms with van der Waals surface area (Å²) in [7, 11) is 0. The summed E-state index contributed by atoms with van der Waals surface area (Å²) in [5, 5.41) is 23.5. The van der Waals surface area contributed by atoms with E-state index in [9.17, 15) is 19.8 Å². The van der Waals surface area contributed by atoms with Gasteiger partial charge in [-0.1, -0.05) is 129 Å². The van der Waals surface area contributed by atoms with E-state index >= 15 is 0 Å². The normalized spacial score (nSPS) is 11.1. The van der Waals surface area contributed by atoms with Gasteiger partial charge in [-0.15, -0.1) is 0 Å². The van der Waals surface area contributed by atoms with E-state index in [0.717, 1.165) is 38.5 Å². The van der Waals surface area contributed by atoms with Gasteiger partial charge in [-0.05, 0) is 36.8 Å². The van der Waals surface area contributed by atoms with Crippen LogP contribution in [0, 0.1) is 0 Å². The fraction of sp³-hybridized carbons (Fsp3) is 0.733. The van der Waals surface area contributed by atoms with Crippen LogP contribution < -0.4 is 10.2 Å². The maximum Gasteiger partial charge on any atom is 0.0718 e. The largest absolute Gasteiger partial charge is 0.545 e. The predicted octanol–water partition coefficient (Wildman–Crippen LogP) is 6.56. The van der Waals surface area contributed by atoms with Gasteiger partial charge < -0.3 is 19.8 Å². The molecule has 0 saturated heterocycles. The first-order valence-corrected chi connectivity index (χ1v) is 14.1. The molecular formula is C30H48O4-2. The van der Waals surface area contributed by atoms with Crippen LogP contribution in [0.5, 0.6) is 0 Å². The Kier molecular flexibility index (Phi) is 17.3. The van der Waals surface area contributed by atoms with Crippen LogP contribution in [-0.4, -0.2) is 11.9 Å². The van der Waals surface area contributed by atoms with Crippen LogP contribution in [-0.2, 0) is 12.8 Å². The summed E-state index contributed by atoms with van der Waals surface area (Å²) < 4.78 is 0. The van der Waals surface area contributed by atoms with Crippen molar-refractivity contribution in [3.63, 3.8) is 0 Å². The van der Waals surface area contributed by atoms with Crippen LogP contribution in [0.2, 0.25) is 0 Å². The maximum absolute atomic E-state index is 11.8. The van der Waals surface area contributed by atoms with E-state index in [0.29, 0.717) is 24.0 Å². The number of carboxylic acids is 2. The van der Waals surface area contributed by atoms with Crippen molar-refractivity contribution >= 4 is 11.9 Å². The molecule has 194 valence electrons. The van der Waals surface area contributed by atoms with Gasteiger partial charge in [0.25, 0.3) is 0 Å². The second-order valence-corrected chi connectivity index (χ2v) is 9.85. The van der Waals surface area contributed by atoms with E-state index in [4.69, 9.17) is 0 Å². The highest BCUT2D eigenvalue weighted by atomic mass is 16.4. The fourth-order valence-corrected chi connectivity index (χ4v) is 4.87. The van der Waals surface area contributed by atoms with Crippen molar-refractivity contribution < 1.29 is 19.8 Å². The van der Waals surface area contributed by atoms with Gasteiger partial charge >= 0.3 is 0 Å². The minimum Gasteiger partial charge on any atom is -0.545 e. The zero-order chi connectivity index (χ0) is 25.0. The molecule has 0 atom stereocenters. The van der Waals surface area contributed by atoms with Crippen molar-refractivity contribution in [2.75, 3.05) is 0 Å². The van der Waals surface area contributed by atoms with Gasteiger partial charge in [0.2, 0.25) is 0 Å². The molecule has 4 heteroatoms. The first kappa shape index (κ1) is 30.2. The third-order valence-electron chi connectivity index (χ3n) is 6.93. The van der Waals surface area contributed by atoms with E-state index in [2.05, 4.69) is 13.8 Å². The molecule has 34 heavy (non-hydrogen) atoms. The van der Waals surface area contributed by atoms with Gasteiger partial charge in [0.1, 0.15) is 0 Å². The quantitative estimate of drug-likeness (QED) is 0.179. The van der Waals surface area contributed by atoms with Crippen molar-refractivity contribution in [2.45, 2.75) is 142 Å². The van der Waals surface area contributed by atoms with Gasteiger partial charge in [-0.3, -0.25) is 0 Å². The highest BCUT2D eigenvalue weighted by molar-refractivity contribution is 5.93. The molecule has 0 aliphatic rings. The average molecular weight is 473 g/mol. The van der Waals surface area contributed by atoms with Crippen molar-refractivity contribution in [3.05, 3.63) is 34.4 Å². The van der Waals surface area contributed by atoms with Crippen molar-refractivity contribution in [3.8, 4) is 0 Å². The first-order valence-electron chi connectivity index (χ1n) is 14.1. The second kappa shape index (κ2) is 19.5. The van der Waals surface area contributed by atoms with Crippen LogP contribution in [0.3, 0.4) is 0 Å². The van der Waals surface area contributed by atoms with Crippen molar-refractivity contribution in [2.24, 2.45) is 0 Å². The number of rotatable bonds is 22. The van der Waals surface area contributed by atoms with Gasteiger partial charge in [0.05, 0.1) is 11.9 Å². The molecule has 0 aliphatic heterocycles. The molecule has 0 unspecified atom stereocenters. The van der Waals surface area contributed by atoms with E-state index in [1.165, 1.54) is 89.2 Å². The SMILES string of the molecule is CCCCCCCCCCCc1c(C(=O)[O-])ccc(C(=O)[O-])c1CCCCCCCCCCC. The molecule has 0 fully saturated rings. The minimum atomic E-state index is -1.22. The summed E-state index contributed by atoms with van der Waals surface area (Å²) in [6.07, 6.45) is 22.5. The Morgan fingerprint density at radius 3 is 1.03 bits per heavy atom. The zero-order valence-corrected chi connectivity index (χ0v) is 21.9. The smallest absolute Gasteiger partial charge is 0.0718 e. The summed E-state index contributed by atoms with van der Waals surface area (Å²) in [5.74, 6) is -2.44. The number of carboxylic acid groups (broad SMARTS) is 2. The summed E-state index contributed by atoms with van der Waals surface area (Å²) in [6.45, 7) is 4.44. The Labute approximate surface area is 208 Å². The molecule has 0 aliphatic carbocycles. The highest BCUT2D eigenvalue weighted by Crippen LogP contribution is 2.25. The number of unbranched alkanes of at least 4 members (excludes halogenated alkanes) is 16. The van der Waals surface area contributed by atoms with Crippen molar-refractivity contribution in [1.82, 2.24) is 0 Å². The lowest BCUT2D eigenvalue weighted by molar-refractivity contribution is -0.256. The monoisotopic (exact) mass is 472 g/mol. The molecule has 1 aromatic carbocycles. The fourth-order valence-electron chi connectivity index (χ4n) is 4.87. The Hall–Kier alpha value is -1.84. The molecule has 0 aromatic heterocycles.